The highest BCUT2D eigenvalue weighted by molar-refractivity contribution is 6.04. The van der Waals surface area contributed by atoms with Crippen LogP contribution >= 0.6 is 0 Å². The van der Waals surface area contributed by atoms with Crippen molar-refractivity contribution in [2.75, 3.05) is 10.6 Å². The lowest BCUT2D eigenvalue weighted by atomic mass is 9.87. The largest absolute Gasteiger partial charge is 0.309 e. The number of carbonyl (C=O) groups excluding carboxylic acids is 1. The van der Waals surface area contributed by atoms with E-state index in [9.17, 15) is 4.79 Å². The van der Waals surface area contributed by atoms with Gasteiger partial charge < -0.3 is 10.6 Å². The second-order valence-corrected chi connectivity index (χ2v) is 7.61. The third-order valence-corrected chi connectivity index (χ3v) is 4.42. The molecule has 8 heteroatoms. The van der Waals surface area contributed by atoms with Gasteiger partial charge in [-0.2, -0.15) is 9.61 Å². The van der Waals surface area contributed by atoms with Gasteiger partial charge in [0.05, 0.1) is 6.20 Å². The van der Waals surface area contributed by atoms with Gasteiger partial charge in [0.15, 0.2) is 5.65 Å². The Kier molecular flexibility index (Phi) is 4.67. The van der Waals surface area contributed by atoms with Crippen molar-refractivity contribution in [1.82, 2.24) is 24.6 Å². The highest BCUT2D eigenvalue weighted by Crippen LogP contribution is 2.23. The van der Waals surface area contributed by atoms with E-state index in [-0.39, 0.29) is 11.3 Å². The first kappa shape index (κ1) is 18.5. The summed E-state index contributed by atoms with van der Waals surface area (Å²) in [7, 11) is 0. The summed E-state index contributed by atoms with van der Waals surface area (Å²) in [5, 5.41) is 10.2. The SMILES string of the molecule is CC(C)(C)c1ccc(C(=O)Nc2cc(Nc3ncccn3)n3nccc3n2)cc1. The van der Waals surface area contributed by atoms with Crippen LogP contribution in [0.1, 0.15) is 36.7 Å². The second-order valence-electron chi connectivity index (χ2n) is 7.61. The van der Waals surface area contributed by atoms with Crippen molar-refractivity contribution in [2.24, 2.45) is 0 Å². The molecule has 0 fully saturated rings. The number of nitrogens with zero attached hydrogens (tertiary/aromatic N) is 5. The van der Waals surface area contributed by atoms with E-state index in [1.54, 1.807) is 41.3 Å². The van der Waals surface area contributed by atoms with Crippen LogP contribution in [0.15, 0.2) is 61.1 Å². The van der Waals surface area contributed by atoms with Gasteiger partial charge in [-0.05, 0) is 29.2 Å². The van der Waals surface area contributed by atoms with Gasteiger partial charge in [-0.15, -0.1) is 0 Å². The van der Waals surface area contributed by atoms with E-state index in [4.69, 9.17) is 0 Å². The lowest BCUT2D eigenvalue weighted by Crippen LogP contribution is -2.15. The van der Waals surface area contributed by atoms with E-state index in [2.05, 4.69) is 51.5 Å². The summed E-state index contributed by atoms with van der Waals surface area (Å²) in [6.07, 6.45) is 4.91. The summed E-state index contributed by atoms with van der Waals surface area (Å²) < 4.78 is 1.62. The van der Waals surface area contributed by atoms with E-state index in [0.717, 1.165) is 0 Å². The molecule has 0 aliphatic carbocycles. The number of benzene rings is 1. The second kappa shape index (κ2) is 7.31. The maximum Gasteiger partial charge on any atom is 0.256 e. The molecule has 0 atom stereocenters. The van der Waals surface area contributed by atoms with Gasteiger partial charge in [-0.25, -0.2) is 15.0 Å². The molecule has 3 heterocycles. The molecule has 8 nitrogen and oxygen atoms in total. The molecule has 0 saturated carbocycles. The Morgan fingerprint density at radius 1 is 1.00 bits per heavy atom. The van der Waals surface area contributed by atoms with Gasteiger partial charge in [0.1, 0.15) is 11.6 Å². The fourth-order valence-corrected chi connectivity index (χ4v) is 2.85. The predicted octanol–water partition coefficient (Wildman–Crippen LogP) is 3.81. The fourth-order valence-electron chi connectivity index (χ4n) is 2.85. The third kappa shape index (κ3) is 4.06. The van der Waals surface area contributed by atoms with E-state index >= 15 is 0 Å². The zero-order valence-corrected chi connectivity index (χ0v) is 16.4. The molecule has 0 bridgehead atoms. The van der Waals surface area contributed by atoms with Crippen LogP contribution in [0.5, 0.6) is 0 Å². The lowest BCUT2D eigenvalue weighted by molar-refractivity contribution is 0.102. The van der Waals surface area contributed by atoms with Crippen molar-refractivity contribution in [3.05, 3.63) is 72.2 Å². The van der Waals surface area contributed by atoms with Gasteiger partial charge >= 0.3 is 0 Å². The molecule has 0 aliphatic rings. The van der Waals surface area contributed by atoms with Crippen LogP contribution in [0.3, 0.4) is 0 Å². The first-order chi connectivity index (χ1) is 13.9. The van der Waals surface area contributed by atoms with Crippen molar-refractivity contribution >= 4 is 29.1 Å². The number of fused-ring (bicyclic) bond motifs is 1. The molecule has 4 rings (SSSR count). The molecular weight excluding hydrogens is 366 g/mol. The Morgan fingerprint density at radius 2 is 1.72 bits per heavy atom. The summed E-state index contributed by atoms with van der Waals surface area (Å²) in [5.74, 6) is 1.18. The van der Waals surface area contributed by atoms with Crippen LogP contribution in [0.25, 0.3) is 5.65 Å². The third-order valence-electron chi connectivity index (χ3n) is 4.42. The van der Waals surface area contributed by atoms with E-state index in [0.29, 0.717) is 28.8 Å². The van der Waals surface area contributed by atoms with Crippen LogP contribution in [-0.2, 0) is 5.41 Å². The smallest absolute Gasteiger partial charge is 0.256 e. The lowest BCUT2D eigenvalue weighted by Gasteiger charge is -2.19. The molecule has 1 amide bonds. The topological polar surface area (TPSA) is 97.1 Å². The molecule has 0 spiro atoms. The van der Waals surface area contributed by atoms with Gasteiger partial charge in [0.2, 0.25) is 5.95 Å². The van der Waals surface area contributed by atoms with Gasteiger partial charge in [0, 0.05) is 30.1 Å². The van der Waals surface area contributed by atoms with Crippen LogP contribution in [-0.4, -0.2) is 30.5 Å². The average Bonchev–Trinajstić information content (AvgIpc) is 3.17. The fraction of sp³-hybridized carbons (Fsp3) is 0.190. The van der Waals surface area contributed by atoms with Crippen LogP contribution < -0.4 is 10.6 Å². The molecule has 2 N–H and O–H groups in total. The summed E-state index contributed by atoms with van der Waals surface area (Å²) in [5.41, 5.74) is 2.35. The predicted molar refractivity (Wildman–Crippen MR) is 111 cm³/mol. The monoisotopic (exact) mass is 387 g/mol. The minimum atomic E-state index is -0.233. The number of rotatable bonds is 4. The van der Waals surface area contributed by atoms with E-state index < -0.39 is 0 Å². The first-order valence-electron chi connectivity index (χ1n) is 9.21. The number of hydrogen-bond donors (Lipinski definition) is 2. The molecule has 0 saturated heterocycles. The standard InChI is InChI=1S/C21H21N7O/c1-21(2,3)15-7-5-14(6-8-15)19(29)26-16-13-18(27-20-22-10-4-11-23-20)28-17(25-16)9-12-24-28/h4-13H,1-3H3,(H,22,23,27)(H,25,26,29). The Balaban J connectivity index is 1.60. The maximum atomic E-state index is 12.7. The summed E-state index contributed by atoms with van der Waals surface area (Å²) >= 11 is 0. The van der Waals surface area contributed by atoms with Gasteiger partial charge in [-0.3, -0.25) is 4.79 Å². The van der Waals surface area contributed by atoms with Crippen molar-refractivity contribution in [3.63, 3.8) is 0 Å². The van der Waals surface area contributed by atoms with Crippen molar-refractivity contribution in [3.8, 4) is 0 Å². The molecule has 0 radical (unpaired) electrons. The van der Waals surface area contributed by atoms with Gasteiger partial charge in [-0.1, -0.05) is 32.9 Å². The minimum absolute atomic E-state index is 0.0314. The number of hydrogen-bond acceptors (Lipinski definition) is 6. The summed E-state index contributed by atoms with van der Waals surface area (Å²) in [4.78, 5) is 25.5. The molecule has 29 heavy (non-hydrogen) atoms. The van der Waals surface area contributed by atoms with Crippen molar-refractivity contribution in [1.29, 1.82) is 0 Å². The minimum Gasteiger partial charge on any atom is -0.309 e. The summed E-state index contributed by atoms with van der Waals surface area (Å²) in [6, 6.07) is 12.8. The van der Waals surface area contributed by atoms with Crippen molar-refractivity contribution in [2.45, 2.75) is 26.2 Å². The molecule has 1 aromatic carbocycles. The average molecular weight is 387 g/mol. The molecule has 4 aromatic rings. The van der Waals surface area contributed by atoms with E-state index in [1.807, 2.05) is 24.3 Å². The van der Waals surface area contributed by atoms with Crippen LogP contribution in [0.2, 0.25) is 0 Å². The quantitative estimate of drug-likeness (QED) is 0.553. The highest BCUT2D eigenvalue weighted by atomic mass is 16.1. The number of aromatic nitrogens is 5. The Morgan fingerprint density at radius 3 is 2.41 bits per heavy atom. The zero-order valence-electron chi connectivity index (χ0n) is 16.4. The molecule has 0 unspecified atom stereocenters. The van der Waals surface area contributed by atoms with Crippen molar-refractivity contribution < 1.29 is 4.79 Å². The zero-order chi connectivity index (χ0) is 20.4. The number of anilines is 3. The number of amides is 1. The highest BCUT2D eigenvalue weighted by Gasteiger charge is 2.15. The van der Waals surface area contributed by atoms with Crippen LogP contribution in [0, 0.1) is 0 Å². The Bertz CT molecular complexity index is 1150. The first-order valence-corrected chi connectivity index (χ1v) is 9.21. The van der Waals surface area contributed by atoms with Gasteiger partial charge in [0.25, 0.3) is 5.91 Å². The molecule has 146 valence electrons. The van der Waals surface area contributed by atoms with Crippen LogP contribution in [0.4, 0.5) is 17.6 Å². The normalized spacial score (nSPS) is 11.4. The molecular formula is C21H21N7O. The molecule has 3 aromatic heterocycles. The number of carbonyl (C=O) groups is 1. The maximum absolute atomic E-state index is 12.7. The number of nitrogens with one attached hydrogen (secondary N) is 2. The summed E-state index contributed by atoms with van der Waals surface area (Å²) in [6.45, 7) is 6.41. The molecule has 0 aliphatic heterocycles. The van der Waals surface area contributed by atoms with E-state index in [1.165, 1.54) is 5.56 Å². The Labute approximate surface area is 168 Å². The Hall–Kier alpha value is -3.81.